The number of carbonyl (C=O) groups excluding carboxylic acids is 1. The van der Waals surface area contributed by atoms with Crippen LogP contribution in [-0.2, 0) is 4.79 Å². The minimum absolute atomic E-state index is 0.360. The van der Waals surface area contributed by atoms with Gasteiger partial charge in [0.2, 0.25) is 0 Å². The molecule has 0 spiro atoms. The van der Waals surface area contributed by atoms with E-state index in [4.69, 9.17) is 10.5 Å². The minimum Gasteiger partial charge on any atom is -0.425 e. The highest BCUT2D eigenvalue weighted by atomic mass is 79.9. The molecule has 0 aliphatic heterocycles. The number of rotatable bonds is 1. The van der Waals surface area contributed by atoms with E-state index in [1.165, 1.54) is 6.92 Å². The number of carbonyl (C=O) groups is 1. The molecule has 0 heterocycles. The highest BCUT2D eigenvalue weighted by Gasteiger charge is 2.05. The molecule has 0 atom stereocenters. The van der Waals surface area contributed by atoms with E-state index in [1.54, 1.807) is 18.2 Å². The first-order chi connectivity index (χ1) is 5.61. The fourth-order valence-corrected chi connectivity index (χ4v) is 1.11. The fourth-order valence-electron chi connectivity index (χ4n) is 0.761. The van der Waals surface area contributed by atoms with Crippen LogP contribution in [0.5, 0.6) is 5.75 Å². The summed E-state index contributed by atoms with van der Waals surface area (Å²) in [6.45, 7) is 1.34. The molecule has 0 amide bonds. The molecule has 12 heavy (non-hydrogen) atoms. The topological polar surface area (TPSA) is 52.3 Å². The molecule has 64 valence electrons. The van der Waals surface area contributed by atoms with Crippen LogP contribution < -0.4 is 10.5 Å². The number of halogens is 1. The minimum atomic E-state index is -0.360. The first kappa shape index (κ1) is 9.06. The maximum Gasteiger partial charge on any atom is 0.308 e. The van der Waals surface area contributed by atoms with E-state index < -0.39 is 0 Å². The van der Waals surface area contributed by atoms with Crippen molar-refractivity contribution < 1.29 is 9.53 Å². The molecular weight excluding hydrogens is 222 g/mol. The van der Waals surface area contributed by atoms with Gasteiger partial charge in [-0.2, -0.15) is 0 Å². The number of nitrogens with two attached hydrogens (primary N) is 1. The SMILES string of the molecule is CC(=O)Oc1cccc(N)c1Br. The molecule has 1 aromatic carbocycles. The molecule has 0 saturated heterocycles. The third-order valence-corrected chi connectivity index (χ3v) is 2.10. The summed E-state index contributed by atoms with van der Waals surface area (Å²) in [5.41, 5.74) is 6.11. The Hall–Kier alpha value is -1.03. The predicted octanol–water partition coefficient (Wildman–Crippen LogP) is 1.96. The van der Waals surface area contributed by atoms with Crippen molar-refractivity contribution in [1.82, 2.24) is 0 Å². The summed E-state index contributed by atoms with van der Waals surface area (Å²) in [6.07, 6.45) is 0. The lowest BCUT2D eigenvalue weighted by atomic mass is 10.3. The van der Waals surface area contributed by atoms with Gasteiger partial charge >= 0.3 is 5.97 Å². The smallest absolute Gasteiger partial charge is 0.308 e. The van der Waals surface area contributed by atoms with E-state index in [0.29, 0.717) is 15.9 Å². The van der Waals surface area contributed by atoms with Crippen LogP contribution in [0.2, 0.25) is 0 Å². The van der Waals surface area contributed by atoms with Crippen LogP contribution in [0, 0.1) is 0 Å². The number of nitrogen functional groups attached to an aromatic ring is 1. The summed E-state index contributed by atoms with van der Waals surface area (Å²) in [7, 11) is 0. The molecule has 0 fully saturated rings. The molecule has 0 radical (unpaired) electrons. The Balaban J connectivity index is 3.00. The van der Waals surface area contributed by atoms with Crippen molar-refractivity contribution in [3.63, 3.8) is 0 Å². The van der Waals surface area contributed by atoms with Crippen LogP contribution in [-0.4, -0.2) is 5.97 Å². The van der Waals surface area contributed by atoms with E-state index in [9.17, 15) is 4.79 Å². The maximum absolute atomic E-state index is 10.6. The lowest BCUT2D eigenvalue weighted by Gasteiger charge is -2.04. The summed E-state index contributed by atoms with van der Waals surface area (Å²) >= 11 is 3.21. The Morgan fingerprint density at radius 1 is 1.58 bits per heavy atom. The number of benzene rings is 1. The number of hydrogen-bond acceptors (Lipinski definition) is 3. The zero-order valence-electron chi connectivity index (χ0n) is 6.50. The van der Waals surface area contributed by atoms with Crippen LogP contribution in [0.25, 0.3) is 0 Å². The average molecular weight is 230 g/mol. The third kappa shape index (κ3) is 1.98. The number of hydrogen-bond donors (Lipinski definition) is 1. The molecule has 2 N–H and O–H groups in total. The second-order valence-electron chi connectivity index (χ2n) is 2.25. The molecule has 0 aliphatic carbocycles. The Morgan fingerprint density at radius 3 is 2.83 bits per heavy atom. The number of esters is 1. The summed E-state index contributed by atoms with van der Waals surface area (Å²) in [4.78, 5) is 10.6. The number of anilines is 1. The zero-order valence-corrected chi connectivity index (χ0v) is 8.09. The molecule has 1 aromatic rings. The van der Waals surface area contributed by atoms with Gasteiger partial charge in [0, 0.05) is 12.6 Å². The van der Waals surface area contributed by atoms with Gasteiger partial charge in [0.1, 0.15) is 5.75 Å². The van der Waals surface area contributed by atoms with Gasteiger partial charge in [-0.05, 0) is 28.1 Å². The van der Waals surface area contributed by atoms with Crippen molar-refractivity contribution in [1.29, 1.82) is 0 Å². The van der Waals surface area contributed by atoms with Gasteiger partial charge < -0.3 is 10.5 Å². The molecule has 4 heteroatoms. The van der Waals surface area contributed by atoms with E-state index in [2.05, 4.69) is 15.9 Å². The van der Waals surface area contributed by atoms with E-state index in [1.807, 2.05) is 0 Å². The number of ether oxygens (including phenoxy) is 1. The molecule has 0 aliphatic rings. The first-order valence-corrected chi connectivity index (χ1v) is 4.13. The van der Waals surface area contributed by atoms with Gasteiger partial charge in [-0.15, -0.1) is 0 Å². The van der Waals surface area contributed by atoms with Crippen molar-refractivity contribution in [3.8, 4) is 5.75 Å². The van der Waals surface area contributed by atoms with Crippen LogP contribution in [0.4, 0.5) is 5.69 Å². The third-order valence-electron chi connectivity index (χ3n) is 1.25. The average Bonchev–Trinajstić information content (AvgIpc) is 1.98. The lowest BCUT2D eigenvalue weighted by Crippen LogP contribution is -2.02. The highest BCUT2D eigenvalue weighted by molar-refractivity contribution is 9.10. The summed E-state index contributed by atoms with van der Waals surface area (Å²) in [5, 5.41) is 0. The summed E-state index contributed by atoms with van der Waals surface area (Å²) in [5.74, 6) is 0.0869. The molecule has 3 nitrogen and oxygen atoms in total. The quantitative estimate of drug-likeness (QED) is 0.455. The Bertz CT molecular complexity index is 312. The second kappa shape index (κ2) is 3.58. The molecule has 0 unspecified atom stereocenters. The van der Waals surface area contributed by atoms with Crippen molar-refractivity contribution in [2.24, 2.45) is 0 Å². The standard InChI is InChI=1S/C8H8BrNO2/c1-5(11)12-7-4-2-3-6(10)8(7)9/h2-4H,10H2,1H3. The predicted molar refractivity (Wildman–Crippen MR) is 49.9 cm³/mol. The molecule has 1 rings (SSSR count). The van der Waals surface area contributed by atoms with Crippen LogP contribution in [0.3, 0.4) is 0 Å². The molecule has 0 saturated carbocycles. The second-order valence-corrected chi connectivity index (χ2v) is 3.05. The lowest BCUT2D eigenvalue weighted by molar-refractivity contribution is -0.131. The highest BCUT2D eigenvalue weighted by Crippen LogP contribution is 2.30. The normalized spacial score (nSPS) is 9.50. The van der Waals surface area contributed by atoms with Gasteiger partial charge in [0.25, 0.3) is 0 Å². The fraction of sp³-hybridized carbons (Fsp3) is 0.125. The molecule has 0 bridgehead atoms. The van der Waals surface area contributed by atoms with Gasteiger partial charge in [0.15, 0.2) is 0 Å². The molecular formula is C8H8BrNO2. The van der Waals surface area contributed by atoms with Crippen LogP contribution in [0.15, 0.2) is 22.7 Å². The van der Waals surface area contributed by atoms with E-state index >= 15 is 0 Å². The largest absolute Gasteiger partial charge is 0.425 e. The van der Waals surface area contributed by atoms with Crippen LogP contribution in [0.1, 0.15) is 6.92 Å². The summed E-state index contributed by atoms with van der Waals surface area (Å²) in [6, 6.07) is 5.11. The van der Waals surface area contributed by atoms with Gasteiger partial charge in [0.05, 0.1) is 4.47 Å². The monoisotopic (exact) mass is 229 g/mol. The van der Waals surface area contributed by atoms with E-state index in [-0.39, 0.29) is 5.97 Å². The molecule has 0 aromatic heterocycles. The van der Waals surface area contributed by atoms with Gasteiger partial charge in [-0.1, -0.05) is 6.07 Å². The van der Waals surface area contributed by atoms with Crippen LogP contribution >= 0.6 is 15.9 Å². The Morgan fingerprint density at radius 2 is 2.25 bits per heavy atom. The van der Waals surface area contributed by atoms with Crippen molar-refractivity contribution in [3.05, 3.63) is 22.7 Å². The zero-order chi connectivity index (χ0) is 9.14. The van der Waals surface area contributed by atoms with Crippen molar-refractivity contribution in [2.45, 2.75) is 6.92 Å². The first-order valence-electron chi connectivity index (χ1n) is 3.33. The van der Waals surface area contributed by atoms with Gasteiger partial charge in [-0.3, -0.25) is 4.79 Å². The Kier molecular flexibility index (Phi) is 2.70. The summed E-state index contributed by atoms with van der Waals surface area (Å²) < 4.78 is 5.47. The van der Waals surface area contributed by atoms with Crippen molar-refractivity contribution >= 4 is 27.6 Å². The van der Waals surface area contributed by atoms with E-state index in [0.717, 1.165) is 0 Å². The van der Waals surface area contributed by atoms with Crippen molar-refractivity contribution in [2.75, 3.05) is 5.73 Å². The van der Waals surface area contributed by atoms with Gasteiger partial charge in [-0.25, -0.2) is 0 Å². The Labute approximate surface area is 78.6 Å². The maximum atomic E-state index is 10.6.